The van der Waals surface area contributed by atoms with Gasteiger partial charge in [0.2, 0.25) is 0 Å². The van der Waals surface area contributed by atoms with Crippen LogP contribution in [-0.2, 0) is 4.74 Å². The molecule has 1 aromatic carbocycles. The number of alkyl halides is 1. The van der Waals surface area contributed by atoms with Gasteiger partial charge in [-0.3, -0.25) is 4.79 Å². The molecule has 0 bridgehead atoms. The minimum Gasteiger partial charge on any atom is -0.379 e. The van der Waals surface area contributed by atoms with Crippen molar-refractivity contribution in [2.24, 2.45) is 0 Å². The molecule has 6 nitrogen and oxygen atoms in total. The third-order valence-electron chi connectivity index (χ3n) is 2.27. The number of nitrogens with one attached hydrogen (secondary N) is 1. The summed E-state index contributed by atoms with van der Waals surface area (Å²) in [4.78, 5) is 11.8. The maximum absolute atomic E-state index is 11.8. The van der Waals surface area contributed by atoms with E-state index in [9.17, 15) is 4.79 Å². The molecule has 0 aliphatic heterocycles. The zero-order chi connectivity index (χ0) is 12.8. The molecule has 0 radical (unpaired) electrons. The smallest absolute Gasteiger partial charge is 0.251 e. The first-order chi connectivity index (χ1) is 8.81. The van der Waals surface area contributed by atoms with Gasteiger partial charge in [0.1, 0.15) is 11.0 Å². The molecule has 0 saturated carbocycles. The Morgan fingerprint density at radius 3 is 3.00 bits per heavy atom. The van der Waals surface area contributed by atoms with Crippen molar-refractivity contribution < 1.29 is 14.2 Å². The Labute approximate surface area is 117 Å². The lowest BCUT2D eigenvalue weighted by atomic mass is 10.2. The Hall–Kier alpha value is -1.22. The number of rotatable bonds is 6. The minimum absolute atomic E-state index is 0.155. The molecule has 0 unspecified atom stereocenters. The second-order valence-corrected chi connectivity index (χ2v) is 4.60. The van der Waals surface area contributed by atoms with Crippen molar-refractivity contribution in [2.75, 3.05) is 24.2 Å². The maximum atomic E-state index is 11.8. The van der Waals surface area contributed by atoms with Gasteiger partial charge in [-0.2, -0.15) is 0 Å². The summed E-state index contributed by atoms with van der Waals surface area (Å²) in [6, 6.07) is 5.04. The first-order valence-electron chi connectivity index (χ1n) is 5.45. The number of ether oxygens (including phenoxy) is 1. The highest BCUT2D eigenvalue weighted by Crippen LogP contribution is 2.11. The van der Waals surface area contributed by atoms with E-state index < -0.39 is 0 Å². The van der Waals surface area contributed by atoms with Crippen molar-refractivity contribution in [3.05, 3.63) is 23.8 Å². The quantitative estimate of drug-likeness (QED) is 0.478. The van der Waals surface area contributed by atoms with E-state index in [1.807, 2.05) is 0 Å². The van der Waals surface area contributed by atoms with Gasteiger partial charge in [0.05, 0.1) is 13.2 Å². The van der Waals surface area contributed by atoms with Crippen LogP contribution >= 0.6 is 22.6 Å². The number of halogens is 1. The Morgan fingerprint density at radius 1 is 1.33 bits per heavy atom. The Kier molecular flexibility index (Phi) is 4.88. The van der Waals surface area contributed by atoms with Gasteiger partial charge >= 0.3 is 0 Å². The molecule has 0 saturated heterocycles. The molecule has 2 aromatic rings. The van der Waals surface area contributed by atoms with Crippen LogP contribution < -0.4 is 5.32 Å². The second-order valence-electron chi connectivity index (χ2n) is 3.52. The number of amides is 1. The highest BCUT2D eigenvalue weighted by Gasteiger charge is 2.08. The summed E-state index contributed by atoms with van der Waals surface area (Å²) < 4.78 is 10.8. The topological polar surface area (TPSA) is 77.2 Å². The Balaban J connectivity index is 1.88. The van der Waals surface area contributed by atoms with Crippen LogP contribution in [0.2, 0.25) is 0 Å². The van der Waals surface area contributed by atoms with Gasteiger partial charge in [-0.15, -0.1) is 0 Å². The van der Waals surface area contributed by atoms with Crippen molar-refractivity contribution >= 4 is 39.5 Å². The number of fused-ring (bicyclic) bond motifs is 1. The van der Waals surface area contributed by atoms with Crippen molar-refractivity contribution in [3.8, 4) is 0 Å². The van der Waals surface area contributed by atoms with Crippen LogP contribution in [0.5, 0.6) is 0 Å². The SMILES string of the molecule is O=C(NCCOCCI)c1ccc2nonc2c1. The van der Waals surface area contributed by atoms with Crippen LogP contribution in [-0.4, -0.2) is 40.4 Å². The molecule has 1 N–H and O–H groups in total. The van der Waals surface area contributed by atoms with Crippen LogP contribution in [0.1, 0.15) is 10.4 Å². The van der Waals surface area contributed by atoms with E-state index in [-0.39, 0.29) is 5.91 Å². The zero-order valence-electron chi connectivity index (χ0n) is 9.56. The van der Waals surface area contributed by atoms with E-state index in [0.717, 1.165) is 4.43 Å². The summed E-state index contributed by atoms with van der Waals surface area (Å²) in [6.07, 6.45) is 0. The first kappa shape index (κ1) is 13.2. The van der Waals surface area contributed by atoms with E-state index in [1.165, 1.54) is 0 Å². The third kappa shape index (κ3) is 3.39. The molecule has 0 spiro atoms. The normalized spacial score (nSPS) is 10.7. The largest absolute Gasteiger partial charge is 0.379 e. The summed E-state index contributed by atoms with van der Waals surface area (Å²) >= 11 is 2.24. The van der Waals surface area contributed by atoms with Gasteiger partial charge in [0.15, 0.2) is 0 Å². The number of carbonyl (C=O) groups excluding carboxylic acids is 1. The minimum atomic E-state index is -0.155. The predicted octanol–water partition coefficient (Wildman–Crippen LogP) is 1.40. The summed E-state index contributed by atoms with van der Waals surface area (Å²) in [5.41, 5.74) is 1.74. The maximum Gasteiger partial charge on any atom is 0.251 e. The molecule has 18 heavy (non-hydrogen) atoms. The zero-order valence-corrected chi connectivity index (χ0v) is 11.7. The van der Waals surface area contributed by atoms with Gasteiger partial charge in [-0.05, 0) is 28.5 Å². The van der Waals surface area contributed by atoms with Gasteiger partial charge in [0.25, 0.3) is 5.91 Å². The van der Waals surface area contributed by atoms with Crippen LogP contribution in [0.4, 0.5) is 0 Å². The lowest BCUT2D eigenvalue weighted by Gasteiger charge is -2.05. The van der Waals surface area contributed by atoms with Gasteiger partial charge < -0.3 is 10.1 Å². The van der Waals surface area contributed by atoms with Crippen LogP contribution in [0.15, 0.2) is 22.8 Å². The number of aromatic nitrogens is 2. The summed E-state index contributed by atoms with van der Waals surface area (Å²) in [6.45, 7) is 1.71. The van der Waals surface area contributed by atoms with Crippen molar-refractivity contribution in [1.29, 1.82) is 0 Å². The third-order valence-corrected chi connectivity index (χ3v) is 2.71. The lowest BCUT2D eigenvalue weighted by Crippen LogP contribution is -2.27. The lowest BCUT2D eigenvalue weighted by molar-refractivity contribution is 0.0924. The predicted molar refractivity (Wildman–Crippen MR) is 73.8 cm³/mol. The molecule has 7 heteroatoms. The average Bonchev–Trinajstić information content (AvgIpc) is 2.85. The van der Waals surface area contributed by atoms with E-state index in [2.05, 4.69) is 42.9 Å². The number of nitrogens with zero attached hydrogens (tertiary/aromatic N) is 2. The van der Waals surface area contributed by atoms with E-state index in [1.54, 1.807) is 18.2 Å². The van der Waals surface area contributed by atoms with Gasteiger partial charge in [-0.25, -0.2) is 4.63 Å². The fourth-order valence-electron chi connectivity index (χ4n) is 1.42. The molecular weight excluding hydrogens is 349 g/mol. The summed E-state index contributed by atoms with van der Waals surface area (Å²) in [5, 5.41) is 10.1. The molecule has 2 rings (SSSR count). The summed E-state index contributed by atoms with van der Waals surface area (Å²) in [7, 11) is 0. The highest BCUT2D eigenvalue weighted by molar-refractivity contribution is 14.1. The molecular formula is C11H12IN3O3. The Bertz CT molecular complexity index is 529. The number of hydrogen-bond donors (Lipinski definition) is 1. The molecule has 0 aliphatic carbocycles. The number of carbonyl (C=O) groups is 1. The molecule has 96 valence electrons. The fraction of sp³-hybridized carbons (Fsp3) is 0.364. The highest BCUT2D eigenvalue weighted by atomic mass is 127. The molecule has 1 amide bonds. The molecule has 0 atom stereocenters. The molecule has 0 fully saturated rings. The molecule has 1 aromatic heterocycles. The van der Waals surface area contributed by atoms with Crippen molar-refractivity contribution in [1.82, 2.24) is 15.6 Å². The molecule has 0 aliphatic rings. The van der Waals surface area contributed by atoms with E-state index in [0.29, 0.717) is 36.4 Å². The fourth-order valence-corrected chi connectivity index (χ4v) is 1.73. The summed E-state index contributed by atoms with van der Waals surface area (Å²) in [5.74, 6) is -0.155. The molecule has 1 heterocycles. The van der Waals surface area contributed by atoms with Crippen LogP contribution in [0.25, 0.3) is 11.0 Å². The Morgan fingerprint density at radius 2 is 2.17 bits per heavy atom. The van der Waals surface area contributed by atoms with E-state index >= 15 is 0 Å². The van der Waals surface area contributed by atoms with Crippen molar-refractivity contribution in [2.45, 2.75) is 0 Å². The van der Waals surface area contributed by atoms with Gasteiger partial charge in [-0.1, -0.05) is 22.6 Å². The standard InChI is InChI=1S/C11H12IN3O3/c12-3-5-17-6-4-13-11(16)8-1-2-9-10(7-8)15-18-14-9/h1-2,7H,3-6H2,(H,13,16). The number of hydrogen-bond acceptors (Lipinski definition) is 5. The van der Waals surface area contributed by atoms with Crippen molar-refractivity contribution in [3.63, 3.8) is 0 Å². The number of benzene rings is 1. The van der Waals surface area contributed by atoms with Crippen LogP contribution in [0.3, 0.4) is 0 Å². The van der Waals surface area contributed by atoms with Gasteiger partial charge in [0, 0.05) is 16.5 Å². The monoisotopic (exact) mass is 361 g/mol. The van der Waals surface area contributed by atoms with E-state index in [4.69, 9.17) is 4.74 Å². The second kappa shape index (κ2) is 6.64. The average molecular weight is 361 g/mol. The van der Waals surface area contributed by atoms with Crippen LogP contribution in [0, 0.1) is 0 Å². The first-order valence-corrected chi connectivity index (χ1v) is 6.98.